The number of carbonyl (C=O) groups is 1. The van der Waals surface area contributed by atoms with Crippen LogP contribution in [-0.4, -0.2) is 48.4 Å². The van der Waals surface area contributed by atoms with E-state index in [-0.39, 0.29) is 5.78 Å². The SMILES string of the molecule is COc1cc(OC)c(OC)cc1C=CC(=O)C=Cc1cc(OC)c(OC)cc1OC. The maximum atomic E-state index is 12.4. The van der Waals surface area contributed by atoms with Crippen molar-refractivity contribution in [2.45, 2.75) is 0 Å². The van der Waals surface area contributed by atoms with Crippen molar-refractivity contribution in [2.75, 3.05) is 42.7 Å². The molecule has 0 bridgehead atoms. The zero-order chi connectivity index (χ0) is 22.1. The lowest BCUT2D eigenvalue weighted by atomic mass is 10.1. The van der Waals surface area contributed by atoms with Crippen molar-refractivity contribution >= 4 is 17.9 Å². The van der Waals surface area contributed by atoms with Crippen molar-refractivity contribution in [1.82, 2.24) is 0 Å². The number of hydrogen-bond donors (Lipinski definition) is 0. The molecule has 0 aliphatic carbocycles. The molecule has 0 saturated carbocycles. The second-order valence-corrected chi connectivity index (χ2v) is 5.97. The molecule has 2 aromatic carbocycles. The van der Waals surface area contributed by atoms with Gasteiger partial charge in [-0.3, -0.25) is 4.79 Å². The smallest absolute Gasteiger partial charge is 0.178 e. The molecule has 0 spiro atoms. The molecule has 2 rings (SSSR count). The fraction of sp³-hybridized carbons (Fsp3) is 0.261. The number of carbonyl (C=O) groups excluding carboxylic acids is 1. The summed E-state index contributed by atoms with van der Waals surface area (Å²) in [5.74, 6) is 3.05. The van der Waals surface area contributed by atoms with Crippen LogP contribution < -0.4 is 28.4 Å². The Kier molecular flexibility index (Phi) is 8.17. The highest BCUT2D eigenvalue weighted by Crippen LogP contribution is 2.36. The predicted octanol–water partition coefficient (Wildman–Crippen LogP) is 4.03. The normalized spacial score (nSPS) is 10.9. The van der Waals surface area contributed by atoms with Crippen LogP contribution in [-0.2, 0) is 4.79 Å². The van der Waals surface area contributed by atoms with Gasteiger partial charge in [0.2, 0.25) is 0 Å². The number of allylic oxidation sites excluding steroid dienone is 2. The molecule has 0 aliphatic rings. The van der Waals surface area contributed by atoms with Gasteiger partial charge < -0.3 is 28.4 Å². The Morgan fingerprint density at radius 1 is 0.533 bits per heavy atom. The van der Waals surface area contributed by atoms with Crippen molar-refractivity contribution in [1.29, 1.82) is 0 Å². The van der Waals surface area contributed by atoms with Gasteiger partial charge in [-0.25, -0.2) is 0 Å². The van der Waals surface area contributed by atoms with E-state index in [1.807, 2.05) is 0 Å². The highest BCUT2D eigenvalue weighted by Gasteiger charge is 2.11. The van der Waals surface area contributed by atoms with Gasteiger partial charge in [0.05, 0.1) is 42.7 Å². The number of hydrogen-bond acceptors (Lipinski definition) is 7. The van der Waals surface area contributed by atoms with E-state index in [1.54, 1.807) is 79.1 Å². The van der Waals surface area contributed by atoms with Crippen molar-refractivity contribution in [3.63, 3.8) is 0 Å². The van der Waals surface area contributed by atoms with Gasteiger partial charge in [0, 0.05) is 23.3 Å². The third kappa shape index (κ3) is 5.26. The van der Waals surface area contributed by atoms with Crippen molar-refractivity contribution in [3.8, 4) is 34.5 Å². The van der Waals surface area contributed by atoms with Crippen LogP contribution in [0, 0.1) is 0 Å². The van der Waals surface area contributed by atoms with Gasteiger partial charge in [-0.05, 0) is 36.4 Å². The molecule has 0 aliphatic heterocycles. The molecule has 0 amide bonds. The van der Waals surface area contributed by atoms with Crippen molar-refractivity contribution < 1.29 is 33.2 Å². The van der Waals surface area contributed by atoms with Crippen LogP contribution in [0.3, 0.4) is 0 Å². The number of rotatable bonds is 10. The van der Waals surface area contributed by atoms with Gasteiger partial charge in [0.1, 0.15) is 11.5 Å². The lowest BCUT2D eigenvalue weighted by Crippen LogP contribution is -1.95. The minimum absolute atomic E-state index is 0.219. The summed E-state index contributed by atoms with van der Waals surface area (Å²) in [6.45, 7) is 0. The second kappa shape index (κ2) is 10.8. The van der Waals surface area contributed by atoms with E-state index in [0.717, 1.165) is 0 Å². The van der Waals surface area contributed by atoms with Crippen molar-refractivity contribution in [2.24, 2.45) is 0 Å². The summed E-state index contributed by atoms with van der Waals surface area (Å²) in [7, 11) is 9.27. The van der Waals surface area contributed by atoms with Gasteiger partial charge >= 0.3 is 0 Å². The topological polar surface area (TPSA) is 72.5 Å². The summed E-state index contributed by atoms with van der Waals surface area (Å²) >= 11 is 0. The van der Waals surface area contributed by atoms with Crippen LogP contribution in [0.4, 0.5) is 0 Å². The lowest BCUT2D eigenvalue weighted by Gasteiger charge is -2.12. The first-order chi connectivity index (χ1) is 14.5. The van der Waals surface area contributed by atoms with Crippen LogP contribution in [0.5, 0.6) is 34.5 Å². The summed E-state index contributed by atoms with van der Waals surface area (Å²) in [6.07, 6.45) is 6.18. The average molecular weight is 414 g/mol. The minimum Gasteiger partial charge on any atom is -0.496 e. The van der Waals surface area contributed by atoms with Crippen LogP contribution in [0.2, 0.25) is 0 Å². The van der Waals surface area contributed by atoms with E-state index < -0.39 is 0 Å². The monoisotopic (exact) mass is 414 g/mol. The first-order valence-corrected chi connectivity index (χ1v) is 9.01. The van der Waals surface area contributed by atoms with Gasteiger partial charge in [0.15, 0.2) is 28.8 Å². The standard InChI is InChI=1S/C23H26O7/c1-25-18-13-22(29-5)20(27-3)11-15(18)7-9-17(24)10-8-16-12-21(28-4)23(30-6)14-19(16)26-2/h7-14H,1-6H3. The quantitative estimate of drug-likeness (QED) is 0.544. The van der Waals surface area contributed by atoms with Gasteiger partial charge in [-0.2, -0.15) is 0 Å². The molecular formula is C23H26O7. The van der Waals surface area contributed by atoms with Gasteiger partial charge in [-0.1, -0.05) is 0 Å². The molecule has 0 unspecified atom stereocenters. The number of ether oxygens (including phenoxy) is 6. The molecular weight excluding hydrogens is 388 g/mol. The zero-order valence-electron chi connectivity index (χ0n) is 18.0. The fourth-order valence-electron chi connectivity index (χ4n) is 2.77. The Bertz CT molecular complexity index is 870. The molecule has 160 valence electrons. The zero-order valence-corrected chi connectivity index (χ0v) is 18.0. The Morgan fingerprint density at radius 2 is 0.833 bits per heavy atom. The van der Waals surface area contributed by atoms with Gasteiger partial charge in [0.25, 0.3) is 0 Å². The predicted molar refractivity (Wildman–Crippen MR) is 115 cm³/mol. The number of benzene rings is 2. The summed E-state index contributed by atoms with van der Waals surface area (Å²) in [6, 6.07) is 6.88. The third-order valence-electron chi connectivity index (χ3n) is 4.33. The van der Waals surface area contributed by atoms with E-state index in [2.05, 4.69) is 0 Å². The summed E-state index contributed by atoms with van der Waals surface area (Å²) in [5.41, 5.74) is 1.36. The van der Waals surface area contributed by atoms with E-state index in [4.69, 9.17) is 28.4 Å². The fourth-order valence-corrected chi connectivity index (χ4v) is 2.77. The second-order valence-electron chi connectivity index (χ2n) is 5.97. The molecule has 7 nitrogen and oxygen atoms in total. The molecule has 0 radical (unpaired) electrons. The molecule has 0 N–H and O–H groups in total. The van der Waals surface area contributed by atoms with E-state index in [9.17, 15) is 4.79 Å². The molecule has 0 aromatic heterocycles. The number of ketones is 1. The van der Waals surface area contributed by atoms with E-state index >= 15 is 0 Å². The third-order valence-corrected chi connectivity index (χ3v) is 4.33. The molecule has 7 heteroatoms. The maximum absolute atomic E-state index is 12.4. The Labute approximate surface area is 176 Å². The van der Waals surface area contributed by atoms with Crippen LogP contribution in [0.1, 0.15) is 11.1 Å². The van der Waals surface area contributed by atoms with Crippen LogP contribution >= 0.6 is 0 Å². The minimum atomic E-state index is -0.219. The molecule has 0 fully saturated rings. The molecule has 0 heterocycles. The lowest BCUT2D eigenvalue weighted by molar-refractivity contribution is -0.110. The van der Waals surface area contributed by atoms with E-state index in [1.165, 1.54) is 12.2 Å². The summed E-state index contributed by atoms with van der Waals surface area (Å²) in [4.78, 5) is 12.4. The summed E-state index contributed by atoms with van der Waals surface area (Å²) in [5, 5.41) is 0. The van der Waals surface area contributed by atoms with Gasteiger partial charge in [-0.15, -0.1) is 0 Å². The Morgan fingerprint density at radius 3 is 1.13 bits per heavy atom. The van der Waals surface area contributed by atoms with E-state index in [0.29, 0.717) is 45.6 Å². The highest BCUT2D eigenvalue weighted by molar-refractivity contribution is 6.04. The van der Waals surface area contributed by atoms with Crippen molar-refractivity contribution in [3.05, 3.63) is 47.5 Å². The van der Waals surface area contributed by atoms with Crippen LogP contribution in [0.25, 0.3) is 12.2 Å². The van der Waals surface area contributed by atoms with Crippen LogP contribution in [0.15, 0.2) is 36.4 Å². The average Bonchev–Trinajstić information content (AvgIpc) is 2.79. The molecule has 0 atom stereocenters. The Hall–Kier alpha value is -3.61. The Balaban J connectivity index is 2.27. The first kappa shape index (κ1) is 22.7. The highest BCUT2D eigenvalue weighted by atomic mass is 16.5. The number of methoxy groups -OCH3 is 6. The maximum Gasteiger partial charge on any atom is 0.178 e. The largest absolute Gasteiger partial charge is 0.496 e. The molecule has 2 aromatic rings. The first-order valence-electron chi connectivity index (χ1n) is 9.01. The molecule has 30 heavy (non-hydrogen) atoms. The summed E-state index contributed by atoms with van der Waals surface area (Å²) < 4.78 is 31.9. The molecule has 0 saturated heterocycles.